The Morgan fingerprint density at radius 1 is 1.16 bits per heavy atom. The van der Waals surface area contributed by atoms with E-state index in [1.54, 1.807) is 6.07 Å². The highest BCUT2D eigenvalue weighted by molar-refractivity contribution is 5.65. The third-order valence-electron chi connectivity index (χ3n) is 2.46. The summed E-state index contributed by atoms with van der Waals surface area (Å²) in [7, 11) is 0. The van der Waals surface area contributed by atoms with Crippen LogP contribution >= 0.6 is 0 Å². The van der Waals surface area contributed by atoms with Crippen molar-refractivity contribution in [2.24, 2.45) is 0 Å². The summed E-state index contributed by atoms with van der Waals surface area (Å²) in [4.78, 5) is 3.69. The minimum absolute atomic E-state index is 0.0500. The first-order chi connectivity index (χ1) is 8.91. The topological polar surface area (TPSA) is 56.9 Å². The van der Waals surface area contributed by atoms with Gasteiger partial charge in [-0.3, -0.25) is 4.98 Å². The van der Waals surface area contributed by atoms with Gasteiger partial charge in [0.1, 0.15) is 11.8 Å². The lowest BCUT2D eigenvalue weighted by molar-refractivity contribution is -0.137. The van der Waals surface area contributed by atoms with Crippen molar-refractivity contribution in [2.45, 2.75) is 6.18 Å². The Morgan fingerprint density at radius 3 is 2.32 bits per heavy atom. The summed E-state index contributed by atoms with van der Waals surface area (Å²) in [5.74, 6) is -0.0500. The highest BCUT2D eigenvalue weighted by atomic mass is 19.4. The number of pyridine rings is 1. The molecule has 0 aliphatic heterocycles. The Bertz CT molecular complexity index is 642. The molecule has 0 aliphatic rings. The summed E-state index contributed by atoms with van der Waals surface area (Å²) in [6.45, 7) is 0. The van der Waals surface area contributed by atoms with Crippen LogP contribution in [-0.2, 0) is 6.18 Å². The van der Waals surface area contributed by atoms with Crippen LogP contribution in [0.1, 0.15) is 11.1 Å². The number of phenols is 1. The fourth-order valence-electron chi connectivity index (χ4n) is 1.59. The van der Waals surface area contributed by atoms with Crippen LogP contribution in [0.4, 0.5) is 13.2 Å². The molecule has 0 saturated carbocycles. The summed E-state index contributed by atoms with van der Waals surface area (Å²) < 4.78 is 38.8. The fraction of sp³-hybridized carbons (Fsp3) is 0.0769. The van der Waals surface area contributed by atoms with Gasteiger partial charge in [0.15, 0.2) is 0 Å². The number of aromatic nitrogens is 1. The Kier molecular flexibility index (Phi) is 3.13. The van der Waals surface area contributed by atoms with E-state index in [1.807, 2.05) is 0 Å². The number of hydrogen-bond donors (Lipinski definition) is 1. The number of rotatable bonds is 1. The molecule has 1 N–H and O–H groups in total. The van der Waals surface area contributed by atoms with Crippen molar-refractivity contribution in [3.8, 4) is 23.1 Å². The molecule has 0 saturated heterocycles. The number of nitriles is 1. The third kappa shape index (κ3) is 2.65. The molecule has 6 heteroatoms. The van der Waals surface area contributed by atoms with Crippen molar-refractivity contribution in [3.63, 3.8) is 0 Å². The molecule has 2 rings (SSSR count). The molecule has 1 aromatic heterocycles. The molecular formula is C13H7F3N2O. The molecular weight excluding hydrogens is 257 g/mol. The Morgan fingerprint density at radius 2 is 1.79 bits per heavy atom. The lowest BCUT2D eigenvalue weighted by Gasteiger charge is -2.12. The Hall–Kier alpha value is -2.55. The lowest BCUT2D eigenvalue weighted by Crippen LogP contribution is -2.09. The van der Waals surface area contributed by atoms with Gasteiger partial charge >= 0.3 is 6.18 Å². The smallest absolute Gasteiger partial charge is 0.418 e. The number of halogens is 3. The zero-order valence-corrected chi connectivity index (χ0v) is 9.44. The molecule has 0 bridgehead atoms. The monoisotopic (exact) mass is 264 g/mol. The highest BCUT2D eigenvalue weighted by Crippen LogP contribution is 2.36. The Balaban J connectivity index is 2.63. The second kappa shape index (κ2) is 4.61. The first-order valence-corrected chi connectivity index (χ1v) is 5.18. The van der Waals surface area contributed by atoms with Crippen LogP contribution in [0.15, 0.2) is 36.5 Å². The van der Waals surface area contributed by atoms with E-state index < -0.39 is 11.7 Å². The van der Waals surface area contributed by atoms with Crippen LogP contribution in [-0.4, -0.2) is 10.1 Å². The summed E-state index contributed by atoms with van der Waals surface area (Å²) in [5, 5.41) is 17.8. The van der Waals surface area contributed by atoms with E-state index in [4.69, 9.17) is 10.4 Å². The van der Waals surface area contributed by atoms with Crippen LogP contribution in [0.5, 0.6) is 5.75 Å². The minimum Gasteiger partial charge on any atom is -0.508 e. The lowest BCUT2D eigenvalue weighted by atomic mass is 10.0. The van der Waals surface area contributed by atoms with Crippen LogP contribution in [0.3, 0.4) is 0 Å². The van der Waals surface area contributed by atoms with E-state index in [0.717, 1.165) is 12.3 Å². The number of alkyl halides is 3. The van der Waals surface area contributed by atoms with Crippen LogP contribution in [0.25, 0.3) is 11.3 Å². The first kappa shape index (κ1) is 12.9. The summed E-state index contributed by atoms with van der Waals surface area (Å²) in [6, 6.07) is 7.59. The van der Waals surface area contributed by atoms with E-state index >= 15 is 0 Å². The summed E-state index contributed by atoms with van der Waals surface area (Å²) >= 11 is 0. The fourth-order valence-corrected chi connectivity index (χ4v) is 1.59. The minimum atomic E-state index is -4.60. The molecule has 19 heavy (non-hydrogen) atoms. The van der Waals surface area contributed by atoms with E-state index in [0.29, 0.717) is 0 Å². The maximum Gasteiger partial charge on any atom is 0.418 e. The number of phenolic OH excluding ortho intramolecular Hbond substituents is 1. The predicted octanol–water partition coefficient (Wildman–Crippen LogP) is 3.34. The average molecular weight is 264 g/mol. The van der Waals surface area contributed by atoms with Crippen molar-refractivity contribution in [1.82, 2.24) is 4.98 Å². The van der Waals surface area contributed by atoms with Crippen LogP contribution in [0, 0.1) is 11.3 Å². The molecule has 2 aromatic rings. The molecule has 0 fully saturated rings. The van der Waals surface area contributed by atoms with E-state index in [2.05, 4.69) is 4.98 Å². The first-order valence-electron chi connectivity index (χ1n) is 5.18. The van der Waals surface area contributed by atoms with Crippen molar-refractivity contribution >= 4 is 0 Å². The molecule has 0 unspecified atom stereocenters. The van der Waals surface area contributed by atoms with Crippen LogP contribution < -0.4 is 0 Å². The van der Waals surface area contributed by atoms with Gasteiger partial charge in [0.25, 0.3) is 0 Å². The zero-order chi connectivity index (χ0) is 14.0. The SMILES string of the molecule is N#Cc1cnc(-c2ccc(O)cc2)c(C(F)(F)F)c1. The second-order valence-corrected chi connectivity index (χ2v) is 3.78. The number of aromatic hydroxyl groups is 1. The van der Waals surface area contributed by atoms with Gasteiger partial charge < -0.3 is 5.11 Å². The standard InChI is InChI=1S/C13H7F3N2O/c14-13(15,16)11-5-8(6-17)7-18-12(11)9-1-3-10(19)4-2-9/h1-5,7,19H. The Labute approximate surface area is 106 Å². The van der Waals surface area contributed by atoms with Crippen molar-refractivity contribution < 1.29 is 18.3 Å². The van der Waals surface area contributed by atoms with Gasteiger partial charge in [-0.25, -0.2) is 0 Å². The van der Waals surface area contributed by atoms with Crippen molar-refractivity contribution in [3.05, 3.63) is 47.7 Å². The van der Waals surface area contributed by atoms with Gasteiger partial charge in [-0.05, 0) is 30.3 Å². The third-order valence-corrected chi connectivity index (χ3v) is 2.46. The molecule has 1 heterocycles. The van der Waals surface area contributed by atoms with Gasteiger partial charge in [-0.1, -0.05) is 0 Å². The molecule has 0 spiro atoms. The molecule has 0 amide bonds. The average Bonchev–Trinajstić information content (AvgIpc) is 2.38. The molecule has 96 valence electrons. The zero-order valence-electron chi connectivity index (χ0n) is 9.44. The number of benzene rings is 1. The van der Waals surface area contributed by atoms with Crippen molar-refractivity contribution in [2.75, 3.05) is 0 Å². The molecule has 3 nitrogen and oxygen atoms in total. The van der Waals surface area contributed by atoms with E-state index in [1.165, 1.54) is 24.3 Å². The highest BCUT2D eigenvalue weighted by Gasteiger charge is 2.34. The quantitative estimate of drug-likeness (QED) is 0.859. The van der Waals surface area contributed by atoms with Crippen LogP contribution in [0.2, 0.25) is 0 Å². The maximum absolute atomic E-state index is 12.9. The van der Waals surface area contributed by atoms with Gasteiger partial charge in [0.2, 0.25) is 0 Å². The summed E-state index contributed by atoms with van der Waals surface area (Å²) in [5.41, 5.74) is -1.19. The van der Waals surface area contributed by atoms with Crippen molar-refractivity contribution in [1.29, 1.82) is 5.26 Å². The maximum atomic E-state index is 12.9. The van der Waals surface area contributed by atoms with Gasteiger partial charge in [0.05, 0.1) is 16.8 Å². The second-order valence-electron chi connectivity index (χ2n) is 3.78. The molecule has 0 radical (unpaired) electrons. The molecule has 1 aromatic carbocycles. The van der Waals surface area contributed by atoms with E-state index in [9.17, 15) is 13.2 Å². The normalized spacial score (nSPS) is 11.1. The number of hydrogen-bond acceptors (Lipinski definition) is 3. The van der Waals surface area contributed by atoms with Gasteiger partial charge in [-0.2, -0.15) is 18.4 Å². The van der Waals surface area contributed by atoms with E-state index in [-0.39, 0.29) is 22.6 Å². The van der Waals surface area contributed by atoms with Gasteiger partial charge in [0, 0.05) is 11.8 Å². The molecule has 0 atom stereocenters. The van der Waals surface area contributed by atoms with Gasteiger partial charge in [-0.15, -0.1) is 0 Å². The largest absolute Gasteiger partial charge is 0.508 e. The number of nitrogens with zero attached hydrogens (tertiary/aromatic N) is 2. The predicted molar refractivity (Wildman–Crippen MR) is 61.1 cm³/mol. The summed E-state index contributed by atoms with van der Waals surface area (Å²) in [6.07, 6.45) is -3.52. The molecule has 0 aliphatic carbocycles.